The van der Waals surface area contributed by atoms with Crippen LogP contribution in [0.5, 0.6) is 0 Å². The summed E-state index contributed by atoms with van der Waals surface area (Å²) < 4.78 is 2.60. The highest BCUT2D eigenvalue weighted by molar-refractivity contribution is 9.10. The van der Waals surface area contributed by atoms with Crippen LogP contribution in [0.15, 0.2) is 29.0 Å². The molecule has 0 amide bonds. The molecule has 2 heterocycles. The Bertz CT molecular complexity index is 490. The summed E-state index contributed by atoms with van der Waals surface area (Å²) >= 11 is 3.47. The van der Waals surface area contributed by atoms with Crippen LogP contribution in [-0.4, -0.2) is 14.8 Å². The number of hydrogen-bond donors (Lipinski definition) is 1. The fourth-order valence-corrected chi connectivity index (χ4v) is 2.19. The van der Waals surface area contributed by atoms with Gasteiger partial charge in [0, 0.05) is 12.4 Å². The first-order chi connectivity index (χ1) is 7.61. The van der Waals surface area contributed by atoms with Crippen molar-refractivity contribution in [3.05, 3.63) is 34.7 Å². The predicted molar refractivity (Wildman–Crippen MR) is 67.6 cm³/mol. The van der Waals surface area contributed by atoms with E-state index < -0.39 is 0 Å². The van der Waals surface area contributed by atoms with Crippen LogP contribution in [0.4, 0.5) is 5.82 Å². The topological polar surface area (TPSA) is 56.7 Å². The van der Waals surface area contributed by atoms with Gasteiger partial charge < -0.3 is 5.73 Å². The van der Waals surface area contributed by atoms with E-state index in [0.717, 1.165) is 15.9 Å². The number of nitrogens with zero attached hydrogens (tertiary/aromatic N) is 3. The molecule has 2 aromatic heterocycles. The Morgan fingerprint density at radius 3 is 2.44 bits per heavy atom. The molecule has 0 spiro atoms. The second kappa shape index (κ2) is 4.25. The minimum absolute atomic E-state index is 0.333. The maximum Gasteiger partial charge on any atom is 0.141 e. The van der Waals surface area contributed by atoms with E-state index in [1.165, 1.54) is 0 Å². The second-order valence-electron chi connectivity index (χ2n) is 3.86. The van der Waals surface area contributed by atoms with E-state index in [-0.39, 0.29) is 0 Å². The van der Waals surface area contributed by atoms with Crippen LogP contribution in [0.2, 0.25) is 0 Å². The lowest BCUT2D eigenvalue weighted by atomic mass is 10.1. The average molecular weight is 281 g/mol. The Morgan fingerprint density at radius 2 is 1.94 bits per heavy atom. The van der Waals surface area contributed by atoms with Crippen molar-refractivity contribution in [1.82, 2.24) is 14.8 Å². The van der Waals surface area contributed by atoms with Gasteiger partial charge in [0.1, 0.15) is 5.82 Å². The molecule has 4 nitrogen and oxygen atoms in total. The van der Waals surface area contributed by atoms with Gasteiger partial charge in [0.2, 0.25) is 0 Å². The highest BCUT2D eigenvalue weighted by Crippen LogP contribution is 2.30. The lowest BCUT2D eigenvalue weighted by molar-refractivity contribution is 0.768. The molecular weight excluding hydrogens is 268 g/mol. The summed E-state index contributed by atoms with van der Waals surface area (Å²) in [5, 5.41) is 4.50. The lowest BCUT2D eigenvalue weighted by Crippen LogP contribution is -2.02. The van der Waals surface area contributed by atoms with Crippen molar-refractivity contribution in [2.24, 2.45) is 0 Å². The Labute approximate surface area is 103 Å². The number of anilines is 1. The largest absolute Gasteiger partial charge is 0.383 e. The average Bonchev–Trinajstić information content (AvgIpc) is 2.58. The molecule has 0 unspecified atom stereocenters. The van der Waals surface area contributed by atoms with Crippen molar-refractivity contribution >= 4 is 21.7 Å². The van der Waals surface area contributed by atoms with Gasteiger partial charge in [0.15, 0.2) is 0 Å². The first-order valence-corrected chi connectivity index (χ1v) is 5.85. The van der Waals surface area contributed by atoms with Gasteiger partial charge in [-0.15, -0.1) is 0 Å². The van der Waals surface area contributed by atoms with Crippen LogP contribution in [0, 0.1) is 0 Å². The molecule has 0 aromatic carbocycles. The van der Waals surface area contributed by atoms with Gasteiger partial charge in [0.25, 0.3) is 0 Å². The van der Waals surface area contributed by atoms with Gasteiger partial charge in [-0.3, -0.25) is 4.98 Å². The standard InChI is InChI=1S/C11H13BrN4/c1-7(2)10-9(12)11(13)16(15-10)8-3-5-14-6-4-8/h3-7H,13H2,1-2H3. The van der Waals surface area contributed by atoms with Crippen LogP contribution in [0.25, 0.3) is 5.69 Å². The molecular formula is C11H13BrN4. The molecule has 0 bridgehead atoms. The SMILES string of the molecule is CC(C)c1nn(-c2ccncc2)c(N)c1Br. The molecule has 0 aliphatic heterocycles. The van der Waals surface area contributed by atoms with Gasteiger partial charge in [-0.1, -0.05) is 13.8 Å². The number of aromatic nitrogens is 3. The summed E-state index contributed by atoms with van der Waals surface area (Å²) in [6.07, 6.45) is 3.44. The van der Waals surface area contributed by atoms with Crippen LogP contribution < -0.4 is 5.73 Å². The van der Waals surface area contributed by atoms with Gasteiger partial charge in [-0.2, -0.15) is 5.10 Å². The maximum atomic E-state index is 6.01. The van der Waals surface area contributed by atoms with Gasteiger partial charge >= 0.3 is 0 Å². The summed E-state index contributed by atoms with van der Waals surface area (Å²) in [6.45, 7) is 4.17. The third-order valence-corrected chi connectivity index (χ3v) is 3.15. The van der Waals surface area contributed by atoms with Crippen molar-refractivity contribution in [1.29, 1.82) is 0 Å². The number of rotatable bonds is 2. The molecule has 2 aromatic rings. The minimum Gasteiger partial charge on any atom is -0.383 e. The molecule has 2 rings (SSSR count). The van der Waals surface area contributed by atoms with Crippen molar-refractivity contribution in [2.45, 2.75) is 19.8 Å². The zero-order valence-corrected chi connectivity index (χ0v) is 10.8. The Kier molecular flexibility index (Phi) is 2.96. The van der Waals surface area contributed by atoms with Gasteiger partial charge in [-0.25, -0.2) is 4.68 Å². The zero-order chi connectivity index (χ0) is 11.7. The summed E-state index contributed by atoms with van der Waals surface area (Å²) in [5.41, 5.74) is 7.89. The second-order valence-corrected chi connectivity index (χ2v) is 4.65. The van der Waals surface area contributed by atoms with E-state index >= 15 is 0 Å². The fraction of sp³-hybridized carbons (Fsp3) is 0.273. The van der Waals surface area contributed by atoms with Crippen molar-refractivity contribution < 1.29 is 0 Å². The number of pyridine rings is 1. The third-order valence-electron chi connectivity index (χ3n) is 2.34. The van der Waals surface area contributed by atoms with Crippen LogP contribution in [-0.2, 0) is 0 Å². The summed E-state index contributed by atoms with van der Waals surface area (Å²) in [4.78, 5) is 3.97. The summed E-state index contributed by atoms with van der Waals surface area (Å²) in [6, 6.07) is 3.75. The Morgan fingerprint density at radius 1 is 1.31 bits per heavy atom. The van der Waals surface area contributed by atoms with Crippen molar-refractivity contribution in [3.8, 4) is 5.69 Å². The highest BCUT2D eigenvalue weighted by Gasteiger charge is 2.16. The lowest BCUT2D eigenvalue weighted by Gasteiger charge is -2.02. The molecule has 0 fully saturated rings. The summed E-state index contributed by atoms with van der Waals surface area (Å²) in [5.74, 6) is 0.953. The number of hydrogen-bond acceptors (Lipinski definition) is 3. The molecule has 84 valence electrons. The Balaban J connectivity index is 2.55. The molecule has 0 saturated heterocycles. The number of nitrogens with two attached hydrogens (primary N) is 1. The molecule has 0 saturated carbocycles. The van der Waals surface area contributed by atoms with Gasteiger partial charge in [-0.05, 0) is 34.0 Å². The van der Waals surface area contributed by atoms with E-state index in [0.29, 0.717) is 11.7 Å². The molecule has 16 heavy (non-hydrogen) atoms. The smallest absolute Gasteiger partial charge is 0.141 e. The minimum atomic E-state index is 0.333. The van der Waals surface area contributed by atoms with Crippen LogP contribution in [0.3, 0.4) is 0 Å². The molecule has 0 aliphatic rings. The third kappa shape index (κ3) is 1.82. The number of halogens is 1. The molecule has 2 N–H and O–H groups in total. The highest BCUT2D eigenvalue weighted by atomic mass is 79.9. The van der Waals surface area contributed by atoms with E-state index in [1.54, 1.807) is 17.1 Å². The summed E-state index contributed by atoms with van der Waals surface area (Å²) in [7, 11) is 0. The predicted octanol–water partition coefficient (Wildman–Crippen LogP) is 2.74. The molecule has 5 heteroatoms. The van der Waals surface area contributed by atoms with E-state index in [1.807, 2.05) is 12.1 Å². The van der Waals surface area contributed by atoms with E-state index in [4.69, 9.17) is 5.73 Å². The van der Waals surface area contributed by atoms with Gasteiger partial charge in [0.05, 0.1) is 15.9 Å². The normalized spacial score (nSPS) is 11.0. The van der Waals surface area contributed by atoms with E-state index in [9.17, 15) is 0 Å². The number of nitrogen functional groups attached to an aromatic ring is 1. The zero-order valence-electron chi connectivity index (χ0n) is 9.18. The van der Waals surface area contributed by atoms with E-state index in [2.05, 4.69) is 39.9 Å². The van der Waals surface area contributed by atoms with Crippen LogP contribution >= 0.6 is 15.9 Å². The first kappa shape index (κ1) is 11.1. The fourth-order valence-electron chi connectivity index (χ4n) is 1.48. The molecule has 0 aliphatic carbocycles. The monoisotopic (exact) mass is 280 g/mol. The maximum absolute atomic E-state index is 6.01. The van der Waals surface area contributed by atoms with Crippen molar-refractivity contribution in [2.75, 3.05) is 5.73 Å². The molecule has 0 radical (unpaired) electrons. The molecule has 0 atom stereocenters. The quantitative estimate of drug-likeness (QED) is 0.920. The van der Waals surface area contributed by atoms with Crippen molar-refractivity contribution in [3.63, 3.8) is 0 Å². The van der Waals surface area contributed by atoms with Crippen LogP contribution in [0.1, 0.15) is 25.5 Å². The first-order valence-electron chi connectivity index (χ1n) is 5.05. The Hall–Kier alpha value is -1.36.